The zero-order valence-corrected chi connectivity index (χ0v) is 12.2. The summed E-state index contributed by atoms with van der Waals surface area (Å²) in [5, 5.41) is 2.60. The maximum absolute atomic E-state index is 6.29. The first-order chi connectivity index (χ1) is 9.79. The molecule has 0 radical (unpaired) electrons. The Labute approximate surface area is 126 Å². The van der Waals surface area contributed by atoms with Gasteiger partial charge < -0.3 is 5.73 Å². The number of hydrogen-bond acceptors (Lipinski definition) is 4. The van der Waals surface area contributed by atoms with E-state index in [1.54, 1.807) is 6.33 Å². The standard InChI is InChI=1S/C15H12ClN3S/c16-12-6-3-4-10(8-17)14(12)20-15-11-5-1-2-7-13(11)18-9-19-15/h1-7,9H,8,17H2. The van der Waals surface area contributed by atoms with Gasteiger partial charge in [0, 0.05) is 16.8 Å². The molecule has 3 nitrogen and oxygen atoms in total. The number of nitrogens with zero attached hydrogens (tertiary/aromatic N) is 2. The topological polar surface area (TPSA) is 51.8 Å². The van der Waals surface area contributed by atoms with Gasteiger partial charge in [-0.15, -0.1) is 0 Å². The Bertz CT molecular complexity index is 756. The molecule has 1 heterocycles. The van der Waals surface area contributed by atoms with Crippen LogP contribution in [0.15, 0.2) is 58.7 Å². The van der Waals surface area contributed by atoms with Crippen LogP contribution in [0, 0.1) is 0 Å². The van der Waals surface area contributed by atoms with E-state index in [4.69, 9.17) is 17.3 Å². The third kappa shape index (κ3) is 2.50. The van der Waals surface area contributed by atoms with Crippen LogP contribution < -0.4 is 5.73 Å². The van der Waals surface area contributed by atoms with Crippen LogP contribution in [-0.2, 0) is 6.54 Å². The van der Waals surface area contributed by atoms with Gasteiger partial charge in [-0.2, -0.15) is 0 Å². The fraction of sp³-hybridized carbons (Fsp3) is 0.0667. The van der Waals surface area contributed by atoms with Crippen molar-refractivity contribution in [2.45, 2.75) is 16.5 Å². The second-order valence-electron chi connectivity index (χ2n) is 4.23. The molecule has 0 amide bonds. The fourth-order valence-corrected chi connectivity index (χ4v) is 3.32. The molecule has 5 heteroatoms. The molecule has 3 rings (SSSR count). The van der Waals surface area contributed by atoms with Crippen molar-refractivity contribution in [1.29, 1.82) is 0 Å². The van der Waals surface area contributed by atoms with Crippen molar-refractivity contribution in [3.05, 3.63) is 59.4 Å². The first-order valence-corrected chi connectivity index (χ1v) is 7.34. The van der Waals surface area contributed by atoms with Gasteiger partial charge >= 0.3 is 0 Å². The van der Waals surface area contributed by atoms with Crippen molar-refractivity contribution >= 4 is 34.3 Å². The summed E-state index contributed by atoms with van der Waals surface area (Å²) in [6.07, 6.45) is 1.57. The monoisotopic (exact) mass is 301 g/mol. The highest BCUT2D eigenvalue weighted by molar-refractivity contribution is 7.99. The molecule has 3 aromatic rings. The van der Waals surface area contributed by atoms with E-state index in [9.17, 15) is 0 Å². The SMILES string of the molecule is NCc1cccc(Cl)c1Sc1ncnc2ccccc12. The maximum atomic E-state index is 6.29. The van der Waals surface area contributed by atoms with Crippen LogP contribution in [-0.4, -0.2) is 9.97 Å². The number of hydrogen-bond donors (Lipinski definition) is 1. The van der Waals surface area contributed by atoms with E-state index in [2.05, 4.69) is 9.97 Å². The minimum atomic E-state index is 0.450. The summed E-state index contributed by atoms with van der Waals surface area (Å²) in [6, 6.07) is 13.7. The molecule has 0 aliphatic rings. The number of aromatic nitrogens is 2. The summed E-state index contributed by atoms with van der Waals surface area (Å²) >= 11 is 7.82. The molecular weight excluding hydrogens is 290 g/mol. The second kappa shape index (κ2) is 5.79. The lowest BCUT2D eigenvalue weighted by Crippen LogP contribution is -1.99. The van der Waals surface area contributed by atoms with Gasteiger partial charge in [0.2, 0.25) is 0 Å². The largest absolute Gasteiger partial charge is 0.326 e. The first-order valence-electron chi connectivity index (χ1n) is 6.14. The molecule has 0 saturated carbocycles. The van der Waals surface area contributed by atoms with Crippen LogP contribution in [0.2, 0.25) is 5.02 Å². The summed E-state index contributed by atoms with van der Waals surface area (Å²) in [7, 11) is 0. The van der Waals surface area contributed by atoms with Gasteiger partial charge in [0.05, 0.1) is 10.5 Å². The number of rotatable bonds is 3. The lowest BCUT2D eigenvalue weighted by molar-refractivity contribution is 1.02. The van der Waals surface area contributed by atoms with Crippen molar-refractivity contribution in [2.24, 2.45) is 5.73 Å². The van der Waals surface area contributed by atoms with E-state index in [0.717, 1.165) is 26.4 Å². The summed E-state index contributed by atoms with van der Waals surface area (Å²) < 4.78 is 0. The van der Waals surface area contributed by atoms with Crippen molar-refractivity contribution in [2.75, 3.05) is 0 Å². The summed E-state index contributed by atoms with van der Waals surface area (Å²) in [6.45, 7) is 0.450. The van der Waals surface area contributed by atoms with Gasteiger partial charge in [-0.05, 0) is 17.7 Å². The van der Waals surface area contributed by atoms with Crippen LogP contribution in [0.4, 0.5) is 0 Å². The molecule has 0 unspecified atom stereocenters. The molecule has 0 bridgehead atoms. The number of fused-ring (bicyclic) bond motifs is 1. The Balaban J connectivity index is 2.10. The average molecular weight is 302 g/mol. The molecule has 0 atom stereocenters. The van der Waals surface area contributed by atoms with Crippen molar-refractivity contribution in [3.63, 3.8) is 0 Å². The van der Waals surface area contributed by atoms with Gasteiger partial charge in [-0.1, -0.05) is 53.7 Å². The van der Waals surface area contributed by atoms with E-state index in [1.807, 2.05) is 42.5 Å². The van der Waals surface area contributed by atoms with E-state index in [0.29, 0.717) is 11.6 Å². The van der Waals surface area contributed by atoms with Gasteiger partial charge in [-0.3, -0.25) is 0 Å². The average Bonchev–Trinajstić information content (AvgIpc) is 2.49. The van der Waals surface area contributed by atoms with Gasteiger partial charge in [0.15, 0.2) is 0 Å². The quantitative estimate of drug-likeness (QED) is 0.746. The second-order valence-corrected chi connectivity index (χ2v) is 5.64. The lowest BCUT2D eigenvalue weighted by Gasteiger charge is -2.10. The molecule has 0 spiro atoms. The van der Waals surface area contributed by atoms with Crippen LogP contribution in [0.3, 0.4) is 0 Å². The highest BCUT2D eigenvalue weighted by Gasteiger charge is 2.11. The molecule has 0 aliphatic heterocycles. The number of nitrogens with two attached hydrogens (primary N) is 1. The molecule has 0 fully saturated rings. The van der Waals surface area contributed by atoms with E-state index in [-0.39, 0.29) is 0 Å². The molecule has 100 valence electrons. The molecular formula is C15H12ClN3S. The first kappa shape index (κ1) is 13.4. The van der Waals surface area contributed by atoms with Crippen LogP contribution in [0.5, 0.6) is 0 Å². The summed E-state index contributed by atoms with van der Waals surface area (Å²) in [5.74, 6) is 0. The Morgan fingerprint density at radius 1 is 1.05 bits per heavy atom. The highest BCUT2D eigenvalue weighted by Crippen LogP contribution is 2.37. The van der Waals surface area contributed by atoms with Crippen LogP contribution in [0.25, 0.3) is 10.9 Å². The predicted octanol–water partition coefficient (Wildman–Crippen LogP) is 3.89. The highest BCUT2D eigenvalue weighted by atomic mass is 35.5. The van der Waals surface area contributed by atoms with E-state index >= 15 is 0 Å². The van der Waals surface area contributed by atoms with Gasteiger partial charge in [0.1, 0.15) is 11.4 Å². The van der Waals surface area contributed by atoms with Crippen LogP contribution >= 0.6 is 23.4 Å². The predicted molar refractivity (Wildman–Crippen MR) is 83.0 cm³/mol. The normalized spacial score (nSPS) is 10.9. The Kier molecular flexibility index (Phi) is 3.87. The number of halogens is 1. The van der Waals surface area contributed by atoms with E-state index in [1.165, 1.54) is 11.8 Å². The van der Waals surface area contributed by atoms with Crippen LogP contribution in [0.1, 0.15) is 5.56 Å². The zero-order chi connectivity index (χ0) is 13.9. The fourth-order valence-electron chi connectivity index (χ4n) is 1.99. The maximum Gasteiger partial charge on any atom is 0.117 e. The van der Waals surface area contributed by atoms with Gasteiger partial charge in [-0.25, -0.2) is 9.97 Å². The summed E-state index contributed by atoms with van der Waals surface area (Å²) in [4.78, 5) is 9.60. The molecule has 0 saturated heterocycles. The molecule has 1 aromatic heterocycles. The zero-order valence-electron chi connectivity index (χ0n) is 10.6. The lowest BCUT2D eigenvalue weighted by atomic mass is 10.2. The molecule has 2 aromatic carbocycles. The Hall–Kier alpha value is -1.62. The third-order valence-electron chi connectivity index (χ3n) is 2.97. The molecule has 0 aliphatic carbocycles. The molecule has 20 heavy (non-hydrogen) atoms. The van der Waals surface area contributed by atoms with Crippen molar-refractivity contribution in [3.8, 4) is 0 Å². The number of para-hydroxylation sites is 1. The Morgan fingerprint density at radius 3 is 2.75 bits per heavy atom. The molecule has 2 N–H and O–H groups in total. The third-order valence-corrected chi connectivity index (χ3v) is 4.61. The minimum Gasteiger partial charge on any atom is -0.326 e. The summed E-state index contributed by atoms with van der Waals surface area (Å²) in [5.41, 5.74) is 7.72. The van der Waals surface area contributed by atoms with Gasteiger partial charge in [0.25, 0.3) is 0 Å². The van der Waals surface area contributed by atoms with Crippen molar-refractivity contribution in [1.82, 2.24) is 9.97 Å². The smallest absolute Gasteiger partial charge is 0.117 e. The van der Waals surface area contributed by atoms with Crippen molar-refractivity contribution < 1.29 is 0 Å². The minimum absolute atomic E-state index is 0.450. The Morgan fingerprint density at radius 2 is 1.90 bits per heavy atom. The van der Waals surface area contributed by atoms with E-state index < -0.39 is 0 Å². The number of benzene rings is 2.